The van der Waals surface area contributed by atoms with Crippen LogP contribution in [-0.2, 0) is 20.1 Å². The van der Waals surface area contributed by atoms with Crippen molar-refractivity contribution in [3.63, 3.8) is 0 Å². The summed E-state index contributed by atoms with van der Waals surface area (Å²) >= 11 is 0. The number of halogens is 1. The Kier molecular flexibility index (Phi) is 10.2. The van der Waals surface area contributed by atoms with Crippen molar-refractivity contribution in [1.82, 2.24) is 19.9 Å². The van der Waals surface area contributed by atoms with E-state index in [2.05, 4.69) is 102 Å². The number of nitrogens with zero attached hydrogens (tertiary/aromatic N) is 5. The summed E-state index contributed by atoms with van der Waals surface area (Å²) in [6.07, 6.45) is 6.54. The van der Waals surface area contributed by atoms with Crippen molar-refractivity contribution in [2.75, 3.05) is 0 Å². The van der Waals surface area contributed by atoms with Crippen molar-refractivity contribution in [3.8, 4) is 39.7 Å². The molecule has 57 heavy (non-hydrogen) atoms. The third-order valence-corrected chi connectivity index (χ3v) is 20.1. The van der Waals surface area contributed by atoms with E-state index in [1.165, 1.54) is 23.4 Å². The van der Waals surface area contributed by atoms with Gasteiger partial charge in [0, 0.05) is 75.4 Å². The van der Waals surface area contributed by atoms with Crippen LogP contribution in [0.25, 0.3) is 55.6 Å². The second-order valence-corrected chi connectivity index (χ2v) is 28.1. The normalized spacial score (nSPS) is 14.1. The smallest absolute Gasteiger partial charge is 0.142 e. The molecule has 7 rings (SSSR count). The first-order chi connectivity index (χ1) is 28.7. The molecule has 295 valence electrons. The third kappa shape index (κ3) is 8.49. The van der Waals surface area contributed by atoms with E-state index in [1.807, 2.05) is 24.4 Å². The van der Waals surface area contributed by atoms with Gasteiger partial charge in [0.1, 0.15) is 19.1 Å². The molecule has 0 aliphatic heterocycles. The molecular weight excluding hydrogens is 918 g/mol. The maximum Gasteiger partial charge on any atom is 0.142 e. The summed E-state index contributed by atoms with van der Waals surface area (Å²) in [5, 5.41) is 12.8. The summed E-state index contributed by atoms with van der Waals surface area (Å²) in [5.41, 5.74) is 4.86. The van der Waals surface area contributed by atoms with Gasteiger partial charge in [-0.2, -0.15) is 5.26 Å². The van der Waals surface area contributed by atoms with E-state index in [1.54, 1.807) is 30.6 Å². The average molecular weight is 974 g/mol. The Balaban J connectivity index is 0.000000348. The zero-order chi connectivity index (χ0) is 45.8. The Morgan fingerprint density at radius 3 is 1.98 bits per heavy atom. The van der Waals surface area contributed by atoms with Crippen molar-refractivity contribution in [2.24, 2.45) is 0 Å². The Labute approximate surface area is 360 Å². The van der Waals surface area contributed by atoms with E-state index in [-0.39, 0.29) is 52.8 Å². The number of benzene rings is 3. The standard InChI is InChI=1S/C33H35N4OSi.C14H15FNSi.Ir/c1-20-15-27(35-17-21(20)2)26-12-10-11-24-25-14-13-22(16-34)28(30(25)38-29(24)26)23-18-36-31(37-19-23)39(9,32(3,4)5)33(6,7)8;1-17(2,3)13-8-9-14(16-10-13)11-4-6-12(15)7-5-11;/h10-11,13-15,17-19H,1-9H3;4,6-10H,1-3H3;/q2*-1;/i1D3,2D3;;. The van der Waals surface area contributed by atoms with Gasteiger partial charge in [-0.25, -0.2) is 9.97 Å². The maximum absolute atomic E-state index is 12.8. The molecule has 4 aromatic heterocycles. The summed E-state index contributed by atoms with van der Waals surface area (Å²) in [5.74, 6) is -0.271. The molecule has 0 fully saturated rings. The van der Waals surface area contributed by atoms with Gasteiger partial charge in [-0.15, -0.1) is 48.0 Å². The first-order valence-corrected chi connectivity index (χ1v) is 24.5. The number of fused-ring (bicyclic) bond motifs is 3. The number of furan rings is 1. The molecule has 1 radical (unpaired) electrons. The molecule has 0 spiro atoms. The van der Waals surface area contributed by atoms with Crippen LogP contribution in [0, 0.1) is 43.0 Å². The van der Waals surface area contributed by atoms with E-state index in [4.69, 9.17) is 22.6 Å². The van der Waals surface area contributed by atoms with Crippen LogP contribution in [0.15, 0.2) is 89.9 Å². The molecule has 0 amide bonds. The predicted octanol–water partition coefficient (Wildman–Crippen LogP) is 11.5. The van der Waals surface area contributed by atoms with Crippen LogP contribution in [0.2, 0.25) is 36.3 Å². The van der Waals surface area contributed by atoms with Crippen molar-refractivity contribution in [2.45, 2.75) is 91.5 Å². The maximum atomic E-state index is 12.8. The van der Waals surface area contributed by atoms with Crippen molar-refractivity contribution >= 4 is 48.7 Å². The number of hydrogen-bond acceptors (Lipinski definition) is 6. The predicted molar refractivity (Wildman–Crippen MR) is 233 cm³/mol. The number of pyridine rings is 2. The van der Waals surface area contributed by atoms with E-state index < -0.39 is 29.9 Å². The fraction of sp³-hybridized carbons (Fsp3) is 0.298. The van der Waals surface area contributed by atoms with Gasteiger partial charge in [-0.1, -0.05) is 109 Å². The number of nitriles is 1. The van der Waals surface area contributed by atoms with Crippen LogP contribution in [0.4, 0.5) is 4.39 Å². The van der Waals surface area contributed by atoms with Gasteiger partial charge in [-0.05, 0) is 52.0 Å². The second-order valence-electron chi connectivity index (χ2n) is 17.3. The van der Waals surface area contributed by atoms with Gasteiger partial charge in [-0.3, -0.25) is 4.39 Å². The van der Waals surface area contributed by atoms with E-state index in [0.29, 0.717) is 38.8 Å². The molecule has 3 aromatic carbocycles. The van der Waals surface area contributed by atoms with Crippen LogP contribution in [-0.4, -0.2) is 36.1 Å². The molecule has 0 saturated carbocycles. The van der Waals surface area contributed by atoms with Gasteiger partial charge in [0.2, 0.25) is 0 Å². The van der Waals surface area contributed by atoms with Gasteiger partial charge in [0.15, 0.2) is 0 Å². The quantitative estimate of drug-likeness (QED) is 0.126. The summed E-state index contributed by atoms with van der Waals surface area (Å²) < 4.78 is 66.6. The Bertz CT molecular complexity index is 2790. The van der Waals surface area contributed by atoms with E-state index in [9.17, 15) is 9.65 Å². The summed E-state index contributed by atoms with van der Waals surface area (Å²) in [6, 6.07) is 25.1. The first kappa shape index (κ1) is 35.5. The first-order valence-electron chi connectivity index (χ1n) is 21.5. The Hall–Kier alpha value is -4.66. The number of aromatic nitrogens is 4. The largest absolute Gasteiger partial charge is 0.500 e. The molecule has 0 N–H and O–H groups in total. The number of rotatable bonds is 5. The molecule has 0 aliphatic carbocycles. The molecule has 0 atom stereocenters. The minimum absolute atomic E-state index is 0. The van der Waals surface area contributed by atoms with Gasteiger partial charge < -0.3 is 14.4 Å². The summed E-state index contributed by atoms with van der Waals surface area (Å²) in [7, 11) is -3.53. The van der Waals surface area contributed by atoms with Crippen molar-refractivity contribution in [3.05, 3.63) is 120 Å². The molecule has 7 aromatic rings. The minimum Gasteiger partial charge on any atom is -0.500 e. The van der Waals surface area contributed by atoms with E-state index >= 15 is 0 Å². The molecule has 6 nitrogen and oxygen atoms in total. The number of aryl methyl sites for hydroxylation is 2. The third-order valence-electron chi connectivity index (χ3n) is 10.9. The average Bonchev–Trinajstić information content (AvgIpc) is 3.58. The number of hydrogen-bond donors (Lipinski definition) is 0. The Morgan fingerprint density at radius 2 is 1.42 bits per heavy atom. The summed E-state index contributed by atoms with van der Waals surface area (Å²) in [6.45, 7) is 17.3. The van der Waals surface area contributed by atoms with Crippen LogP contribution in [0.1, 0.15) is 66.5 Å². The molecule has 0 bridgehead atoms. The van der Waals surface area contributed by atoms with Gasteiger partial charge in [0.25, 0.3) is 0 Å². The fourth-order valence-corrected chi connectivity index (χ4v) is 12.3. The molecular formula is C47H50FIrN5OSi2-2. The second kappa shape index (κ2) is 16.3. The van der Waals surface area contributed by atoms with Crippen molar-refractivity contribution < 1.29 is 37.1 Å². The molecule has 0 saturated heterocycles. The van der Waals surface area contributed by atoms with Crippen molar-refractivity contribution in [1.29, 1.82) is 5.26 Å². The van der Waals surface area contributed by atoms with Crippen LogP contribution in [0.3, 0.4) is 0 Å². The fourth-order valence-electron chi connectivity index (χ4n) is 7.04. The van der Waals surface area contributed by atoms with Crippen LogP contribution < -0.4 is 10.6 Å². The molecule has 0 unspecified atom stereocenters. The molecule has 4 heterocycles. The SMILES string of the molecule is C[Si](C)(C)c1ccc(-c2[c-]cc(F)cc2)nc1.[2H]C([2H])([2H])c1cnc(-c2[c-]ccc3c2oc2c(-c4cnc([Si](C)(C(C)(C)C)C(C)(C)C)nc4)c(C#N)ccc23)cc1C([2H])([2H])[2H].[Ir]. The zero-order valence-corrected chi connectivity index (χ0v) is 38.3. The summed E-state index contributed by atoms with van der Waals surface area (Å²) in [4.78, 5) is 18.6. The minimum atomic E-state index is -2.68. The topological polar surface area (TPSA) is 88.5 Å². The zero-order valence-electron chi connectivity index (χ0n) is 39.9. The molecule has 0 aliphatic rings. The Morgan fingerprint density at radius 1 is 0.754 bits per heavy atom. The molecule has 10 heteroatoms. The van der Waals surface area contributed by atoms with Gasteiger partial charge >= 0.3 is 0 Å². The van der Waals surface area contributed by atoms with E-state index in [0.717, 1.165) is 28.3 Å². The van der Waals surface area contributed by atoms with Crippen LogP contribution >= 0.6 is 0 Å². The van der Waals surface area contributed by atoms with Gasteiger partial charge in [0.05, 0.1) is 25.3 Å². The monoisotopic (exact) mass is 974 g/mol. The van der Waals surface area contributed by atoms with Crippen LogP contribution in [0.5, 0.6) is 0 Å².